The maximum absolute atomic E-state index is 14.3. The minimum Gasteiger partial charge on any atom is -0.391 e. The fourth-order valence-electron chi connectivity index (χ4n) is 7.59. The first kappa shape index (κ1) is 49.7. The largest absolute Gasteiger partial charge is 0.391 e. The smallest absolute Gasteiger partial charge is 0.243 e. The number of nitrogens with two attached hydrogens (primary N) is 1. The van der Waals surface area contributed by atoms with Gasteiger partial charge in [0.05, 0.1) is 36.2 Å². The second kappa shape index (κ2) is 24.0. The van der Waals surface area contributed by atoms with Crippen LogP contribution in [0, 0.1) is 23.7 Å². The third kappa shape index (κ3) is 14.8. The van der Waals surface area contributed by atoms with Gasteiger partial charge in [-0.1, -0.05) is 72.2 Å². The summed E-state index contributed by atoms with van der Waals surface area (Å²) in [5, 5.41) is 24.6. The quantitative estimate of drug-likeness (QED) is 0.0513. The number of amides is 6. The Morgan fingerprint density at radius 3 is 1.98 bits per heavy atom. The Kier molecular flexibility index (Phi) is 19.0. The van der Waals surface area contributed by atoms with Gasteiger partial charge in [0.25, 0.3) is 0 Å². The number of aliphatic hydroxyl groups is 1. The van der Waals surface area contributed by atoms with Crippen LogP contribution in [0.5, 0.6) is 0 Å². The van der Waals surface area contributed by atoms with Crippen molar-refractivity contribution in [1.29, 1.82) is 0 Å². The van der Waals surface area contributed by atoms with Gasteiger partial charge in [-0.2, -0.15) is 0 Å². The number of aromatic amines is 2. The minimum absolute atomic E-state index is 0.0155. The van der Waals surface area contributed by atoms with Crippen LogP contribution in [0.3, 0.4) is 0 Å². The summed E-state index contributed by atoms with van der Waals surface area (Å²) in [5.41, 5.74) is 10.6. The summed E-state index contributed by atoms with van der Waals surface area (Å²) in [4.78, 5) is 107. The maximum Gasteiger partial charge on any atom is 0.243 e. The number of carbonyl (C=O) groups excluding carboxylic acids is 7. The normalized spacial score (nSPS) is 16.7. The van der Waals surface area contributed by atoms with Crippen LogP contribution in [0.15, 0.2) is 49.3 Å². The monoisotopic (exact) mass is 876 g/mol. The molecule has 2 aromatic heterocycles. The number of imidazole rings is 2. The van der Waals surface area contributed by atoms with Gasteiger partial charge < -0.3 is 42.1 Å². The van der Waals surface area contributed by atoms with Crippen molar-refractivity contribution < 1.29 is 38.7 Å². The molecule has 10 N–H and O–H groups in total. The number of aromatic nitrogens is 4. The topological polar surface area (TPSA) is 286 Å². The molecule has 1 aliphatic rings. The minimum atomic E-state index is -1.24. The first-order valence-electron chi connectivity index (χ1n) is 21.7. The van der Waals surface area contributed by atoms with Gasteiger partial charge in [0, 0.05) is 49.7 Å². The van der Waals surface area contributed by atoms with E-state index >= 15 is 0 Å². The molecule has 1 fully saturated rings. The van der Waals surface area contributed by atoms with Crippen LogP contribution in [-0.2, 0) is 48.0 Å². The number of nitrogens with zero attached hydrogens (tertiary/aromatic N) is 3. The van der Waals surface area contributed by atoms with Crippen LogP contribution in [0.1, 0.15) is 101 Å². The summed E-state index contributed by atoms with van der Waals surface area (Å²) in [7, 11) is 0. The zero-order valence-electron chi connectivity index (χ0n) is 37.1. The number of hydrogen-bond acceptors (Lipinski definition) is 11. The first-order valence-corrected chi connectivity index (χ1v) is 21.7. The molecule has 19 nitrogen and oxygen atoms in total. The predicted molar refractivity (Wildman–Crippen MR) is 233 cm³/mol. The van der Waals surface area contributed by atoms with Crippen molar-refractivity contribution in [3.63, 3.8) is 0 Å². The Morgan fingerprint density at radius 1 is 0.825 bits per heavy atom. The molecular weight excluding hydrogens is 811 g/mol. The van der Waals surface area contributed by atoms with E-state index in [0.29, 0.717) is 61.0 Å². The number of primary amides is 1. The highest BCUT2D eigenvalue weighted by molar-refractivity contribution is 5.93. The molecule has 3 heterocycles. The fraction of sp³-hybridized carbons (Fsp3) is 0.568. The van der Waals surface area contributed by atoms with E-state index < -0.39 is 71.8 Å². The number of H-pyrrole nitrogens is 2. The van der Waals surface area contributed by atoms with Crippen LogP contribution >= 0.6 is 0 Å². The number of nitrogens with one attached hydrogen (secondary N) is 7. The molecule has 1 aliphatic heterocycles. The lowest BCUT2D eigenvalue weighted by atomic mass is 9.85. The van der Waals surface area contributed by atoms with Gasteiger partial charge in [0.2, 0.25) is 35.4 Å². The zero-order chi connectivity index (χ0) is 46.2. The summed E-state index contributed by atoms with van der Waals surface area (Å²) < 4.78 is 0. The SMILES string of the molecule is CC[C@H](C)[C@H](NC(=O)[C@@H](C[C@H](O)[C@H](CC(C)C)NC(=O)C(Cc1c[nH]cn1)NC(=O)C(Cc1ccccc1C=O)NN1CCCC1=O)C(C)C)C(=O)NC(Cc1c[nH]cn1)C(N)=O. The van der Waals surface area contributed by atoms with E-state index in [-0.39, 0.29) is 49.3 Å². The molecule has 0 bridgehead atoms. The lowest BCUT2D eigenvalue weighted by Gasteiger charge is -2.33. The van der Waals surface area contributed by atoms with E-state index in [2.05, 4.69) is 46.6 Å². The fourth-order valence-corrected chi connectivity index (χ4v) is 7.59. The molecule has 8 atom stereocenters. The average molecular weight is 876 g/mol. The van der Waals surface area contributed by atoms with Gasteiger partial charge in [-0.15, -0.1) is 0 Å². The zero-order valence-corrected chi connectivity index (χ0v) is 37.1. The van der Waals surface area contributed by atoms with Crippen molar-refractivity contribution in [3.8, 4) is 0 Å². The number of hydrazine groups is 1. The molecule has 344 valence electrons. The van der Waals surface area contributed by atoms with E-state index in [1.54, 1.807) is 43.6 Å². The molecular formula is C44H65N11O8. The molecule has 1 saturated heterocycles. The summed E-state index contributed by atoms with van der Waals surface area (Å²) in [6.07, 6.45) is 7.25. The van der Waals surface area contributed by atoms with Gasteiger partial charge in [0.15, 0.2) is 0 Å². The van der Waals surface area contributed by atoms with Gasteiger partial charge in [-0.3, -0.25) is 38.6 Å². The maximum atomic E-state index is 14.3. The van der Waals surface area contributed by atoms with Gasteiger partial charge in [-0.05, 0) is 49.0 Å². The standard InChI is InChI=1S/C44H65N11O8/c1-7-27(6)39(44(63)51-34(40(45)59)17-30-20-46-23-48-30)53-41(60)32(26(4)5)19-37(57)33(15-25(2)3)50-42(61)35(18-31-21-47-24-49-31)52-43(62)36(54-55-14-10-13-38(55)58)16-28-11-8-9-12-29(28)22-56/h8-9,11-12,20-27,32-37,39,54,57H,7,10,13-19H2,1-6H3,(H2,45,59)(H,46,48)(H,47,49)(H,50,61)(H,51,63)(H,52,62)(H,53,60)/t27-,32-,33-,34?,35?,36?,37-,39-/m0/s1. The molecule has 63 heavy (non-hydrogen) atoms. The summed E-state index contributed by atoms with van der Waals surface area (Å²) >= 11 is 0. The van der Waals surface area contributed by atoms with Crippen LogP contribution in [-0.4, -0.2) is 115 Å². The molecule has 6 amide bonds. The van der Waals surface area contributed by atoms with Gasteiger partial charge >= 0.3 is 0 Å². The molecule has 1 aromatic carbocycles. The Hall–Kier alpha value is -5.95. The van der Waals surface area contributed by atoms with Crippen LogP contribution < -0.4 is 32.4 Å². The molecule has 19 heteroatoms. The summed E-state index contributed by atoms with van der Waals surface area (Å²) in [6.45, 7) is 11.5. The Labute approximate surface area is 368 Å². The molecule has 0 saturated carbocycles. The number of aldehydes is 1. The highest BCUT2D eigenvalue weighted by atomic mass is 16.3. The molecule has 3 aromatic rings. The van der Waals surface area contributed by atoms with Crippen molar-refractivity contribution in [1.82, 2.24) is 51.6 Å². The second-order valence-corrected chi connectivity index (χ2v) is 17.2. The van der Waals surface area contributed by atoms with E-state index in [4.69, 9.17) is 5.73 Å². The van der Waals surface area contributed by atoms with Crippen molar-refractivity contribution in [2.75, 3.05) is 6.54 Å². The highest BCUT2D eigenvalue weighted by Crippen LogP contribution is 2.23. The van der Waals surface area contributed by atoms with Crippen LogP contribution in [0.4, 0.5) is 0 Å². The third-order valence-electron chi connectivity index (χ3n) is 11.5. The van der Waals surface area contributed by atoms with Gasteiger partial charge in [0.1, 0.15) is 30.5 Å². The second-order valence-electron chi connectivity index (χ2n) is 17.2. The Morgan fingerprint density at radius 2 is 1.44 bits per heavy atom. The van der Waals surface area contributed by atoms with Crippen molar-refractivity contribution >= 4 is 41.7 Å². The van der Waals surface area contributed by atoms with E-state index in [9.17, 15) is 38.7 Å². The lowest BCUT2D eigenvalue weighted by molar-refractivity contribution is -0.136. The Balaban J connectivity index is 1.53. The molecule has 0 aliphatic carbocycles. The number of carbonyl (C=O) groups is 7. The lowest BCUT2D eigenvalue weighted by Crippen LogP contribution is -2.59. The number of rotatable bonds is 26. The molecule has 3 unspecified atom stereocenters. The third-order valence-corrected chi connectivity index (χ3v) is 11.5. The first-order chi connectivity index (χ1) is 30.0. The van der Waals surface area contributed by atoms with Crippen LogP contribution in [0.2, 0.25) is 0 Å². The molecule has 4 rings (SSSR count). The Bertz CT molecular complexity index is 1970. The average Bonchev–Trinajstić information content (AvgIpc) is 4.05. The molecule has 0 radical (unpaired) electrons. The van der Waals surface area contributed by atoms with Gasteiger partial charge in [-0.25, -0.2) is 15.4 Å². The predicted octanol–water partition coefficient (Wildman–Crippen LogP) is 1.01. The number of aliphatic hydroxyl groups excluding tert-OH is 1. The number of benzene rings is 1. The van der Waals surface area contributed by atoms with E-state index in [1.165, 1.54) is 17.7 Å². The highest BCUT2D eigenvalue weighted by Gasteiger charge is 2.37. The summed E-state index contributed by atoms with van der Waals surface area (Å²) in [5.74, 6) is -4.72. The van der Waals surface area contributed by atoms with E-state index in [0.717, 1.165) is 0 Å². The van der Waals surface area contributed by atoms with Crippen molar-refractivity contribution in [3.05, 3.63) is 71.8 Å². The van der Waals surface area contributed by atoms with Crippen LogP contribution in [0.25, 0.3) is 0 Å². The number of hydrogen-bond donors (Lipinski definition) is 9. The summed E-state index contributed by atoms with van der Waals surface area (Å²) in [6, 6.07) is 1.57. The van der Waals surface area contributed by atoms with Crippen molar-refractivity contribution in [2.45, 2.75) is 129 Å². The van der Waals surface area contributed by atoms with Crippen molar-refractivity contribution in [2.24, 2.45) is 29.4 Å². The van der Waals surface area contributed by atoms with E-state index in [1.807, 2.05) is 34.6 Å². The molecule has 0 spiro atoms.